The van der Waals surface area contributed by atoms with Crippen LogP contribution in [0.25, 0.3) is 0 Å². The Bertz CT molecular complexity index is 1180. The largest absolute Gasteiger partial charge is 0.493 e. The maximum atomic E-state index is 12.8. The molecule has 10 heteroatoms. The Labute approximate surface area is 193 Å². The zero-order chi connectivity index (χ0) is 23.6. The van der Waals surface area contributed by atoms with Gasteiger partial charge in [-0.1, -0.05) is 6.42 Å². The highest BCUT2D eigenvalue weighted by atomic mass is 32.2. The van der Waals surface area contributed by atoms with Crippen LogP contribution in [0.5, 0.6) is 17.2 Å². The number of hydrogen-bond acceptors (Lipinski definition) is 8. The van der Waals surface area contributed by atoms with Crippen LogP contribution in [0.3, 0.4) is 0 Å². The first-order valence-electron chi connectivity index (χ1n) is 10.6. The molecule has 0 saturated carbocycles. The lowest BCUT2D eigenvalue weighted by molar-refractivity contribution is 0.0472. The van der Waals surface area contributed by atoms with E-state index in [-0.39, 0.29) is 17.1 Å². The summed E-state index contributed by atoms with van der Waals surface area (Å²) in [5.41, 5.74) is 1.32. The lowest BCUT2D eigenvalue weighted by Crippen LogP contribution is -2.35. The highest BCUT2D eigenvalue weighted by Gasteiger charge is 2.32. The maximum absolute atomic E-state index is 12.8. The molecule has 2 aromatic rings. The van der Waals surface area contributed by atoms with Crippen molar-refractivity contribution in [1.29, 1.82) is 0 Å². The molecule has 9 nitrogen and oxygen atoms in total. The zero-order valence-corrected chi connectivity index (χ0v) is 19.6. The van der Waals surface area contributed by atoms with Crippen LogP contribution < -0.4 is 19.1 Å². The number of esters is 1. The van der Waals surface area contributed by atoms with Crippen molar-refractivity contribution in [3.05, 3.63) is 41.5 Å². The first-order valence-corrected chi connectivity index (χ1v) is 12.0. The number of ether oxygens (including phenoxy) is 4. The van der Waals surface area contributed by atoms with E-state index in [1.165, 1.54) is 27.4 Å². The first-order chi connectivity index (χ1) is 15.9. The number of anilines is 1. The summed E-state index contributed by atoms with van der Waals surface area (Å²) in [6, 6.07) is 7.94. The molecule has 0 radical (unpaired) electrons. The molecule has 2 aromatic carbocycles. The highest BCUT2D eigenvalue weighted by Crippen LogP contribution is 2.39. The summed E-state index contributed by atoms with van der Waals surface area (Å²) in [5.74, 6) is 1.23. The minimum Gasteiger partial charge on any atom is -0.493 e. The van der Waals surface area contributed by atoms with Crippen LogP contribution in [-0.2, 0) is 21.4 Å². The number of rotatable bonds is 6. The van der Waals surface area contributed by atoms with E-state index in [0.717, 1.165) is 19.3 Å². The van der Waals surface area contributed by atoms with Crippen LogP contribution in [0, 0.1) is 0 Å². The molecule has 0 N–H and O–H groups in total. The van der Waals surface area contributed by atoms with Gasteiger partial charge >= 0.3 is 5.97 Å². The molecule has 176 valence electrons. The first kappa shape index (κ1) is 22.9. The normalized spacial score (nSPS) is 16.6. The van der Waals surface area contributed by atoms with Crippen molar-refractivity contribution in [2.75, 3.05) is 32.8 Å². The Morgan fingerprint density at radius 3 is 2.39 bits per heavy atom. The molecule has 0 unspecified atom stereocenters. The van der Waals surface area contributed by atoms with Gasteiger partial charge in [0, 0.05) is 13.0 Å². The molecular formula is C23H26N2O7S. The van der Waals surface area contributed by atoms with Crippen molar-refractivity contribution >= 4 is 27.5 Å². The van der Waals surface area contributed by atoms with Crippen LogP contribution in [0.15, 0.2) is 39.6 Å². The lowest BCUT2D eigenvalue weighted by atomic mass is 10.1. The standard InChI is InChI=1S/C23H26N2O7S/c1-29-18-11-15(12-19(30-2)22(18)31-3)14-32-23(26)16-8-9-17-20(13-16)33(27,28)24-21-7-5-4-6-10-25(17)21/h8-9,11-13H,4-7,10,14H2,1-3H3. The van der Waals surface area contributed by atoms with Gasteiger partial charge in [-0.3, -0.25) is 0 Å². The van der Waals surface area contributed by atoms with Crippen molar-refractivity contribution in [2.24, 2.45) is 4.40 Å². The second kappa shape index (κ2) is 9.30. The van der Waals surface area contributed by atoms with Gasteiger partial charge in [0.15, 0.2) is 11.5 Å². The molecule has 0 atom stereocenters. The molecule has 33 heavy (non-hydrogen) atoms. The summed E-state index contributed by atoms with van der Waals surface area (Å²) in [4.78, 5) is 14.7. The Hall–Kier alpha value is -3.27. The average Bonchev–Trinajstić information content (AvgIpc) is 3.06. The van der Waals surface area contributed by atoms with Crippen molar-refractivity contribution in [3.63, 3.8) is 0 Å². The number of carbonyl (C=O) groups excluding carboxylic acids is 1. The van der Waals surface area contributed by atoms with Gasteiger partial charge in [-0.05, 0) is 48.7 Å². The molecule has 2 aliphatic heterocycles. The van der Waals surface area contributed by atoms with Crippen LogP contribution in [0.4, 0.5) is 5.69 Å². The molecule has 2 heterocycles. The quantitative estimate of drug-likeness (QED) is 0.586. The molecule has 0 aromatic heterocycles. The van der Waals surface area contributed by atoms with E-state index in [1.807, 2.05) is 4.90 Å². The SMILES string of the molecule is COc1cc(COC(=O)c2ccc3c(c2)S(=O)(=O)N=C2CCCCCN23)cc(OC)c1OC. The van der Waals surface area contributed by atoms with Crippen molar-refractivity contribution in [3.8, 4) is 17.2 Å². The molecule has 2 aliphatic rings. The Morgan fingerprint density at radius 2 is 1.73 bits per heavy atom. The highest BCUT2D eigenvalue weighted by molar-refractivity contribution is 7.90. The number of fused-ring (bicyclic) bond motifs is 3. The molecular weight excluding hydrogens is 448 g/mol. The van der Waals surface area contributed by atoms with Crippen LogP contribution in [0.1, 0.15) is 41.6 Å². The van der Waals surface area contributed by atoms with Crippen molar-refractivity contribution in [1.82, 2.24) is 0 Å². The van der Waals surface area contributed by atoms with E-state index in [9.17, 15) is 13.2 Å². The van der Waals surface area contributed by atoms with Crippen LogP contribution in [-0.4, -0.2) is 48.1 Å². The molecule has 1 saturated heterocycles. The van der Waals surface area contributed by atoms with Gasteiger partial charge in [-0.15, -0.1) is 4.40 Å². The summed E-state index contributed by atoms with van der Waals surface area (Å²) in [7, 11) is 0.615. The fourth-order valence-electron chi connectivity index (χ4n) is 4.06. The topological polar surface area (TPSA) is 104 Å². The fraction of sp³-hybridized carbons (Fsp3) is 0.391. The Morgan fingerprint density at radius 1 is 1.00 bits per heavy atom. The van der Waals surface area contributed by atoms with E-state index in [0.29, 0.717) is 47.3 Å². The summed E-state index contributed by atoms with van der Waals surface area (Å²) in [6.07, 6.45) is 3.51. The van der Waals surface area contributed by atoms with Gasteiger partial charge in [0.2, 0.25) is 5.75 Å². The number of sulfonamides is 1. The number of carbonyl (C=O) groups is 1. The Balaban J connectivity index is 1.57. The number of hydrogen-bond donors (Lipinski definition) is 0. The maximum Gasteiger partial charge on any atom is 0.338 e. The van der Waals surface area contributed by atoms with Gasteiger partial charge < -0.3 is 23.8 Å². The van der Waals surface area contributed by atoms with Gasteiger partial charge in [-0.25, -0.2) is 4.79 Å². The van der Waals surface area contributed by atoms with E-state index < -0.39 is 16.0 Å². The lowest BCUT2D eigenvalue weighted by Gasteiger charge is -2.29. The molecule has 0 bridgehead atoms. The number of benzene rings is 2. The number of methoxy groups -OCH3 is 3. The molecule has 0 aliphatic carbocycles. The molecule has 4 rings (SSSR count). The summed E-state index contributed by atoms with van der Waals surface area (Å²) >= 11 is 0. The van der Waals surface area contributed by atoms with Gasteiger partial charge in [0.1, 0.15) is 17.3 Å². The van der Waals surface area contributed by atoms with Crippen molar-refractivity contribution < 1.29 is 32.2 Å². The summed E-state index contributed by atoms with van der Waals surface area (Å²) in [6.45, 7) is 0.639. The molecule has 0 amide bonds. The molecule has 1 fully saturated rings. The zero-order valence-electron chi connectivity index (χ0n) is 18.8. The van der Waals surface area contributed by atoms with E-state index in [4.69, 9.17) is 18.9 Å². The average molecular weight is 475 g/mol. The third kappa shape index (κ3) is 4.47. The number of nitrogens with zero attached hydrogens (tertiary/aromatic N) is 2. The second-order valence-corrected chi connectivity index (χ2v) is 9.31. The summed E-state index contributed by atoms with van der Waals surface area (Å²) < 4.78 is 51.0. The predicted molar refractivity (Wildman–Crippen MR) is 122 cm³/mol. The Kier molecular flexibility index (Phi) is 6.46. The van der Waals surface area contributed by atoms with Crippen LogP contribution >= 0.6 is 0 Å². The predicted octanol–water partition coefficient (Wildman–Crippen LogP) is 3.55. The minimum absolute atomic E-state index is 0.0235. The third-order valence-corrected chi connectivity index (χ3v) is 7.01. The van der Waals surface area contributed by atoms with Gasteiger partial charge in [-0.2, -0.15) is 8.42 Å². The summed E-state index contributed by atoms with van der Waals surface area (Å²) in [5, 5.41) is 0. The van der Waals surface area contributed by atoms with E-state index in [2.05, 4.69) is 4.40 Å². The second-order valence-electron chi connectivity index (χ2n) is 7.74. The third-order valence-electron chi connectivity index (χ3n) is 5.68. The van der Waals surface area contributed by atoms with E-state index in [1.54, 1.807) is 24.3 Å². The smallest absolute Gasteiger partial charge is 0.338 e. The van der Waals surface area contributed by atoms with E-state index >= 15 is 0 Å². The van der Waals surface area contributed by atoms with Crippen molar-refractivity contribution in [2.45, 2.75) is 37.2 Å². The molecule has 0 spiro atoms. The minimum atomic E-state index is -3.89. The monoisotopic (exact) mass is 474 g/mol. The fourth-order valence-corrected chi connectivity index (χ4v) is 5.34. The van der Waals surface area contributed by atoms with Gasteiger partial charge in [0.25, 0.3) is 10.0 Å². The number of amidine groups is 1. The van der Waals surface area contributed by atoms with Crippen LogP contribution in [0.2, 0.25) is 0 Å². The van der Waals surface area contributed by atoms with Gasteiger partial charge in [0.05, 0.1) is 32.6 Å².